The fraction of sp³-hybridized carbons (Fsp3) is 0.0435. The average Bonchev–Trinajstić information content (AvgIpc) is 3.30. The molecule has 3 aromatic carbocycles. The molecule has 0 bridgehead atoms. The molecular formula is C23H14Se. The van der Waals surface area contributed by atoms with Crippen LogP contribution < -0.4 is 0 Å². The van der Waals surface area contributed by atoms with Crippen molar-refractivity contribution in [3.8, 4) is 22.3 Å². The molecule has 0 nitrogen and oxygen atoms in total. The van der Waals surface area contributed by atoms with Gasteiger partial charge in [-0.05, 0) is 0 Å². The van der Waals surface area contributed by atoms with Gasteiger partial charge in [0.15, 0.2) is 0 Å². The third kappa shape index (κ3) is 1.30. The molecule has 0 aliphatic heterocycles. The van der Waals surface area contributed by atoms with Gasteiger partial charge in [-0.2, -0.15) is 0 Å². The molecule has 1 aromatic heterocycles. The standard InChI is InChI=1S/C23H14Se/c1-4-10-19-15(7-1)16-8-2-5-11-20(16)23(19)21-12-6-3-9-17(21)18-13-14-24-22(18)23/h1-14H. The Kier molecular flexibility index (Phi) is 2.38. The molecule has 0 N–H and O–H groups in total. The van der Waals surface area contributed by atoms with Crippen molar-refractivity contribution < 1.29 is 0 Å². The summed E-state index contributed by atoms with van der Waals surface area (Å²) in [4.78, 5) is 2.39. The van der Waals surface area contributed by atoms with Gasteiger partial charge in [-0.15, -0.1) is 0 Å². The molecule has 2 aliphatic carbocycles. The molecule has 0 amide bonds. The van der Waals surface area contributed by atoms with Crippen molar-refractivity contribution >= 4 is 14.5 Å². The minimum atomic E-state index is -0.0669. The maximum atomic E-state index is 2.39. The summed E-state index contributed by atoms with van der Waals surface area (Å²) in [5, 5.41) is 0. The summed E-state index contributed by atoms with van der Waals surface area (Å²) in [6, 6.07) is 29.4. The van der Waals surface area contributed by atoms with Crippen LogP contribution in [0, 0.1) is 0 Å². The van der Waals surface area contributed by atoms with E-state index in [-0.39, 0.29) is 5.41 Å². The fourth-order valence-corrected chi connectivity index (χ4v) is 7.17. The Hall–Kier alpha value is -2.34. The molecule has 0 saturated heterocycles. The van der Waals surface area contributed by atoms with Gasteiger partial charge < -0.3 is 0 Å². The molecule has 4 aromatic rings. The summed E-state index contributed by atoms with van der Waals surface area (Å²) in [6.07, 6.45) is 0. The van der Waals surface area contributed by atoms with Crippen LogP contribution in [0.5, 0.6) is 0 Å². The first-order chi connectivity index (χ1) is 11.9. The number of hydrogen-bond acceptors (Lipinski definition) is 0. The van der Waals surface area contributed by atoms with Crippen molar-refractivity contribution in [3.05, 3.63) is 105 Å². The summed E-state index contributed by atoms with van der Waals surface area (Å²) in [6.45, 7) is 0. The quantitative estimate of drug-likeness (QED) is 0.327. The van der Waals surface area contributed by atoms with Crippen LogP contribution in [0.1, 0.15) is 21.1 Å². The average molecular weight is 369 g/mol. The molecule has 2 aliphatic rings. The Bertz CT molecular complexity index is 1070. The number of rotatable bonds is 0. The second kappa shape index (κ2) is 4.39. The van der Waals surface area contributed by atoms with Crippen molar-refractivity contribution in [1.29, 1.82) is 0 Å². The van der Waals surface area contributed by atoms with Gasteiger partial charge in [-0.25, -0.2) is 0 Å². The number of benzene rings is 3. The van der Waals surface area contributed by atoms with Gasteiger partial charge in [0, 0.05) is 0 Å². The zero-order chi connectivity index (χ0) is 15.7. The van der Waals surface area contributed by atoms with E-state index in [1.165, 1.54) is 38.9 Å². The van der Waals surface area contributed by atoms with Crippen molar-refractivity contribution in [3.63, 3.8) is 0 Å². The SMILES string of the molecule is c1ccc2c(c1)-c1ccccc1C21c2ccccc2-c2cc[se]c21. The third-order valence-electron chi connectivity index (χ3n) is 5.58. The van der Waals surface area contributed by atoms with Crippen LogP contribution in [0.15, 0.2) is 83.8 Å². The van der Waals surface area contributed by atoms with Crippen molar-refractivity contribution in [2.45, 2.75) is 5.41 Å². The molecule has 1 spiro atoms. The van der Waals surface area contributed by atoms with Crippen LogP contribution in [0.4, 0.5) is 0 Å². The van der Waals surface area contributed by atoms with E-state index in [1.807, 2.05) is 0 Å². The van der Waals surface area contributed by atoms with Gasteiger partial charge in [-0.3, -0.25) is 0 Å². The van der Waals surface area contributed by atoms with Crippen LogP contribution in [-0.4, -0.2) is 14.5 Å². The minimum absolute atomic E-state index is 0.0669. The summed E-state index contributed by atoms with van der Waals surface area (Å²) < 4.78 is 1.62. The van der Waals surface area contributed by atoms with Gasteiger partial charge in [0.1, 0.15) is 0 Å². The number of hydrogen-bond donors (Lipinski definition) is 0. The van der Waals surface area contributed by atoms with Crippen LogP contribution in [0.3, 0.4) is 0 Å². The molecule has 24 heavy (non-hydrogen) atoms. The monoisotopic (exact) mass is 370 g/mol. The van der Waals surface area contributed by atoms with Crippen LogP contribution >= 0.6 is 0 Å². The van der Waals surface area contributed by atoms with Crippen LogP contribution in [0.25, 0.3) is 22.3 Å². The predicted octanol–water partition coefficient (Wildman–Crippen LogP) is 5.09. The zero-order valence-electron chi connectivity index (χ0n) is 13.0. The van der Waals surface area contributed by atoms with E-state index >= 15 is 0 Å². The van der Waals surface area contributed by atoms with Gasteiger partial charge in [0.2, 0.25) is 0 Å². The maximum absolute atomic E-state index is 2.39. The summed E-state index contributed by atoms with van der Waals surface area (Å²) in [5.41, 5.74) is 10.0. The molecule has 0 fully saturated rings. The van der Waals surface area contributed by atoms with Crippen molar-refractivity contribution in [1.82, 2.24) is 0 Å². The van der Waals surface area contributed by atoms with Crippen LogP contribution in [-0.2, 0) is 5.41 Å². The second-order valence-corrected chi connectivity index (χ2v) is 8.47. The fourth-order valence-electron chi connectivity index (χ4n) is 4.75. The summed E-state index contributed by atoms with van der Waals surface area (Å²) in [5.74, 6) is 0. The zero-order valence-corrected chi connectivity index (χ0v) is 14.7. The Morgan fingerprint density at radius 3 is 1.50 bits per heavy atom. The van der Waals surface area contributed by atoms with Gasteiger partial charge in [0.25, 0.3) is 0 Å². The van der Waals surface area contributed by atoms with E-state index < -0.39 is 0 Å². The van der Waals surface area contributed by atoms with E-state index in [1.54, 1.807) is 4.44 Å². The van der Waals surface area contributed by atoms with E-state index in [0.717, 1.165) is 0 Å². The second-order valence-electron chi connectivity index (χ2n) is 6.55. The first-order valence-electron chi connectivity index (χ1n) is 8.29. The molecule has 1 heterocycles. The molecule has 6 rings (SSSR count). The Morgan fingerprint density at radius 1 is 0.500 bits per heavy atom. The molecular weight excluding hydrogens is 355 g/mol. The van der Waals surface area contributed by atoms with E-state index in [0.29, 0.717) is 14.5 Å². The van der Waals surface area contributed by atoms with Gasteiger partial charge in [0.05, 0.1) is 0 Å². The van der Waals surface area contributed by atoms with Crippen molar-refractivity contribution in [2.24, 2.45) is 0 Å². The Labute approximate surface area is 147 Å². The molecule has 0 unspecified atom stereocenters. The summed E-state index contributed by atoms with van der Waals surface area (Å²) in [7, 11) is 0. The first-order valence-corrected chi connectivity index (χ1v) is 10.1. The Balaban J connectivity index is 1.89. The molecule has 0 atom stereocenters. The van der Waals surface area contributed by atoms with E-state index in [4.69, 9.17) is 0 Å². The van der Waals surface area contributed by atoms with Crippen molar-refractivity contribution in [2.75, 3.05) is 0 Å². The topological polar surface area (TPSA) is 0 Å². The van der Waals surface area contributed by atoms with Gasteiger partial charge in [-0.1, -0.05) is 0 Å². The van der Waals surface area contributed by atoms with Crippen LogP contribution in [0.2, 0.25) is 0 Å². The molecule has 112 valence electrons. The first kappa shape index (κ1) is 13.0. The van der Waals surface area contributed by atoms with E-state index in [9.17, 15) is 0 Å². The Morgan fingerprint density at radius 2 is 0.958 bits per heavy atom. The van der Waals surface area contributed by atoms with Gasteiger partial charge >= 0.3 is 147 Å². The third-order valence-corrected chi connectivity index (χ3v) is 7.75. The van der Waals surface area contributed by atoms with E-state index in [2.05, 4.69) is 83.8 Å². The number of fused-ring (bicyclic) bond motifs is 10. The summed E-state index contributed by atoms with van der Waals surface area (Å²) >= 11 is 0.416. The molecule has 0 saturated carbocycles. The normalized spacial score (nSPS) is 15.0. The molecule has 0 radical (unpaired) electrons. The predicted molar refractivity (Wildman–Crippen MR) is 99.7 cm³/mol. The molecule has 1 heteroatoms.